The van der Waals surface area contributed by atoms with E-state index in [1.807, 2.05) is 0 Å². The Kier molecular flexibility index (Phi) is 22.0. The van der Waals surface area contributed by atoms with Crippen molar-refractivity contribution in [2.75, 3.05) is 6.61 Å². The zero-order valence-corrected chi connectivity index (χ0v) is 20.4. The molecule has 0 rings (SSSR count). The lowest BCUT2D eigenvalue weighted by atomic mass is 10.0. The summed E-state index contributed by atoms with van der Waals surface area (Å²) in [5, 5.41) is 0. The molecule has 0 saturated carbocycles. The van der Waals surface area contributed by atoms with Crippen LogP contribution in [0.3, 0.4) is 0 Å². The molecule has 0 fully saturated rings. The van der Waals surface area contributed by atoms with Crippen molar-refractivity contribution in [2.24, 2.45) is 0 Å². The molecule has 0 aliphatic carbocycles. The van der Waals surface area contributed by atoms with E-state index in [2.05, 4.69) is 12.8 Å². The Bertz CT molecular complexity index is 466. The van der Waals surface area contributed by atoms with E-state index in [-0.39, 0.29) is 24.8 Å². The van der Waals surface area contributed by atoms with E-state index in [1.165, 1.54) is 89.9 Å². The van der Waals surface area contributed by atoms with Crippen molar-refractivity contribution < 1.29 is 19.1 Å². The standard InChI is InChI=1S/C27H48O4/c1-4-6-7-8-9-10-11-12-13-14-15-16-17-18-19-20-24-30-26(28)22-21-23-27(29)31-25(3)5-2/h2,25H,4,6-24H2,1,3H3. The van der Waals surface area contributed by atoms with Crippen molar-refractivity contribution in [1.82, 2.24) is 0 Å². The lowest BCUT2D eigenvalue weighted by molar-refractivity contribution is -0.146. The Morgan fingerprint density at radius 1 is 0.677 bits per heavy atom. The predicted molar refractivity (Wildman–Crippen MR) is 129 cm³/mol. The molecule has 0 amide bonds. The van der Waals surface area contributed by atoms with Crippen LogP contribution in [0.25, 0.3) is 0 Å². The Morgan fingerprint density at radius 3 is 1.55 bits per heavy atom. The second kappa shape index (κ2) is 23.2. The van der Waals surface area contributed by atoms with E-state index in [0.717, 1.165) is 12.8 Å². The van der Waals surface area contributed by atoms with Gasteiger partial charge in [0.05, 0.1) is 6.61 Å². The van der Waals surface area contributed by atoms with Gasteiger partial charge in [-0.3, -0.25) is 9.59 Å². The van der Waals surface area contributed by atoms with Crippen LogP contribution in [0.15, 0.2) is 0 Å². The van der Waals surface area contributed by atoms with Crippen LogP contribution in [-0.2, 0) is 19.1 Å². The molecule has 0 radical (unpaired) electrons. The van der Waals surface area contributed by atoms with Gasteiger partial charge in [-0.2, -0.15) is 0 Å². The number of carbonyl (C=O) groups excluding carboxylic acids is 2. The summed E-state index contributed by atoms with van der Waals surface area (Å²) in [6.07, 6.45) is 26.8. The highest BCUT2D eigenvalue weighted by atomic mass is 16.5. The molecule has 0 bridgehead atoms. The largest absolute Gasteiger partial charge is 0.466 e. The molecule has 0 spiro atoms. The average Bonchev–Trinajstić information content (AvgIpc) is 2.75. The van der Waals surface area contributed by atoms with E-state index in [0.29, 0.717) is 13.0 Å². The van der Waals surface area contributed by atoms with Crippen molar-refractivity contribution in [3.05, 3.63) is 0 Å². The van der Waals surface area contributed by atoms with Crippen molar-refractivity contribution in [2.45, 2.75) is 142 Å². The third kappa shape index (κ3) is 23.0. The minimum atomic E-state index is -0.519. The highest BCUT2D eigenvalue weighted by molar-refractivity contribution is 5.72. The highest BCUT2D eigenvalue weighted by Gasteiger charge is 2.09. The first kappa shape index (κ1) is 29.5. The van der Waals surface area contributed by atoms with Gasteiger partial charge in [0, 0.05) is 12.8 Å². The molecule has 0 saturated heterocycles. The predicted octanol–water partition coefficient (Wildman–Crippen LogP) is 7.53. The number of hydrogen-bond acceptors (Lipinski definition) is 4. The SMILES string of the molecule is C#CC(C)OC(=O)CCCC(=O)OCCCCCCCCCCCCCCCCCC. The van der Waals surface area contributed by atoms with Crippen molar-refractivity contribution >= 4 is 11.9 Å². The van der Waals surface area contributed by atoms with Crippen LogP contribution in [-0.4, -0.2) is 24.6 Å². The summed E-state index contributed by atoms with van der Waals surface area (Å²) in [5.74, 6) is 1.73. The quantitative estimate of drug-likeness (QED) is 0.1000. The zero-order chi connectivity index (χ0) is 23.0. The lowest BCUT2D eigenvalue weighted by Gasteiger charge is -2.07. The number of terminal acetylenes is 1. The van der Waals surface area contributed by atoms with Gasteiger partial charge in [0.1, 0.15) is 0 Å². The van der Waals surface area contributed by atoms with E-state index in [9.17, 15) is 9.59 Å². The van der Waals surface area contributed by atoms with Crippen molar-refractivity contribution in [3.8, 4) is 12.3 Å². The van der Waals surface area contributed by atoms with Gasteiger partial charge in [0.25, 0.3) is 0 Å². The van der Waals surface area contributed by atoms with Gasteiger partial charge < -0.3 is 9.47 Å². The average molecular weight is 437 g/mol. The van der Waals surface area contributed by atoms with Crippen LogP contribution >= 0.6 is 0 Å². The van der Waals surface area contributed by atoms with Gasteiger partial charge in [-0.25, -0.2) is 0 Å². The van der Waals surface area contributed by atoms with Crippen molar-refractivity contribution in [1.29, 1.82) is 0 Å². The fourth-order valence-electron chi connectivity index (χ4n) is 3.58. The summed E-state index contributed by atoms with van der Waals surface area (Å²) in [5.41, 5.74) is 0. The van der Waals surface area contributed by atoms with Gasteiger partial charge in [0.2, 0.25) is 0 Å². The number of carbonyl (C=O) groups is 2. The van der Waals surface area contributed by atoms with Crippen LogP contribution < -0.4 is 0 Å². The molecular weight excluding hydrogens is 388 g/mol. The molecule has 0 heterocycles. The van der Waals surface area contributed by atoms with Gasteiger partial charge in [-0.05, 0) is 19.8 Å². The van der Waals surface area contributed by atoms with E-state index in [1.54, 1.807) is 6.92 Å². The van der Waals surface area contributed by atoms with E-state index < -0.39 is 6.10 Å². The maximum Gasteiger partial charge on any atom is 0.307 e. The summed E-state index contributed by atoms with van der Waals surface area (Å²) in [7, 11) is 0. The van der Waals surface area contributed by atoms with Crippen LogP contribution in [0.2, 0.25) is 0 Å². The number of rotatable bonds is 22. The van der Waals surface area contributed by atoms with Crippen LogP contribution in [0.1, 0.15) is 136 Å². The fourth-order valence-corrected chi connectivity index (χ4v) is 3.58. The molecule has 0 aromatic rings. The van der Waals surface area contributed by atoms with E-state index in [4.69, 9.17) is 15.9 Å². The third-order valence-electron chi connectivity index (χ3n) is 5.57. The molecule has 1 unspecified atom stereocenters. The number of ether oxygens (including phenoxy) is 2. The summed E-state index contributed by atoms with van der Waals surface area (Å²) in [6, 6.07) is 0. The van der Waals surface area contributed by atoms with E-state index >= 15 is 0 Å². The molecule has 4 nitrogen and oxygen atoms in total. The molecule has 180 valence electrons. The molecule has 4 heteroatoms. The molecule has 0 aromatic carbocycles. The Morgan fingerprint density at radius 2 is 1.10 bits per heavy atom. The summed E-state index contributed by atoms with van der Waals surface area (Å²) in [6.45, 7) is 4.40. The molecule has 1 atom stereocenters. The molecule has 0 aromatic heterocycles. The first-order valence-electron chi connectivity index (χ1n) is 12.9. The summed E-state index contributed by atoms with van der Waals surface area (Å²) < 4.78 is 10.2. The lowest BCUT2D eigenvalue weighted by Crippen LogP contribution is -2.13. The maximum absolute atomic E-state index is 11.7. The van der Waals surface area contributed by atoms with Crippen LogP contribution in [0, 0.1) is 12.3 Å². The first-order valence-corrected chi connectivity index (χ1v) is 12.9. The number of esters is 2. The number of unbranched alkanes of at least 4 members (excludes halogenated alkanes) is 15. The Labute approximate surface area is 192 Å². The highest BCUT2D eigenvalue weighted by Crippen LogP contribution is 2.13. The summed E-state index contributed by atoms with van der Waals surface area (Å²) >= 11 is 0. The van der Waals surface area contributed by atoms with Gasteiger partial charge in [0.15, 0.2) is 6.10 Å². The third-order valence-corrected chi connectivity index (χ3v) is 5.57. The molecular formula is C27H48O4. The molecule has 0 N–H and O–H groups in total. The normalized spacial score (nSPS) is 11.6. The van der Waals surface area contributed by atoms with Gasteiger partial charge in [-0.15, -0.1) is 6.42 Å². The molecule has 0 aliphatic rings. The zero-order valence-electron chi connectivity index (χ0n) is 20.4. The molecule has 0 aliphatic heterocycles. The molecule has 31 heavy (non-hydrogen) atoms. The Hall–Kier alpha value is -1.50. The topological polar surface area (TPSA) is 52.6 Å². The van der Waals surface area contributed by atoms with Crippen molar-refractivity contribution in [3.63, 3.8) is 0 Å². The first-order chi connectivity index (χ1) is 15.1. The maximum atomic E-state index is 11.7. The second-order valence-electron chi connectivity index (χ2n) is 8.68. The minimum Gasteiger partial charge on any atom is -0.466 e. The van der Waals surface area contributed by atoms with Gasteiger partial charge in [-0.1, -0.05) is 109 Å². The smallest absolute Gasteiger partial charge is 0.307 e. The van der Waals surface area contributed by atoms with Crippen LogP contribution in [0.4, 0.5) is 0 Å². The minimum absolute atomic E-state index is 0.195. The van der Waals surface area contributed by atoms with Crippen LogP contribution in [0.5, 0.6) is 0 Å². The second-order valence-corrected chi connectivity index (χ2v) is 8.68. The Balaban J connectivity index is 3.24. The summed E-state index contributed by atoms with van der Waals surface area (Å²) in [4.78, 5) is 23.1. The number of hydrogen-bond donors (Lipinski definition) is 0. The fraction of sp³-hybridized carbons (Fsp3) is 0.852. The van der Waals surface area contributed by atoms with Gasteiger partial charge >= 0.3 is 11.9 Å². The monoisotopic (exact) mass is 436 g/mol.